The zero-order chi connectivity index (χ0) is 28.2. The van der Waals surface area contributed by atoms with E-state index < -0.39 is 6.10 Å². The molecule has 0 saturated heterocycles. The van der Waals surface area contributed by atoms with Crippen LogP contribution >= 0.6 is 0 Å². The minimum atomic E-state index is -0.539. The van der Waals surface area contributed by atoms with Gasteiger partial charge in [-0.05, 0) is 104 Å². The first-order valence-corrected chi connectivity index (χ1v) is 17.0. The summed E-state index contributed by atoms with van der Waals surface area (Å²) in [6, 6.07) is 9.64. The van der Waals surface area contributed by atoms with Gasteiger partial charge in [0.15, 0.2) is 6.10 Å². The molecule has 3 nitrogen and oxygen atoms in total. The van der Waals surface area contributed by atoms with Gasteiger partial charge < -0.3 is 9.47 Å². The van der Waals surface area contributed by atoms with Crippen molar-refractivity contribution in [3.05, 3.63) is 42.0 Å². The number of hydrogen-bond acceptors (Lipinski definition) is 3. The molecule has 0 heterocycles. The van der Waals surface area contributed by atoms with Gasteiger partial charge in [-0.2, -0.15) is 0 Å². The maximum Gasteiger partial charge on any atom is 0.347 e. The maximum absolute atomic E-state index is 13.1. The number of carbonyl (C=O) groups excluding carboxylic acids is 1. The second-order valence-corrected chi connectivity index (χ2v) is 14.3. The molecule has 3 fully saturated rings. The average Bonchev–Trinajstić information content (AvgIpc) is 3.30. The molecule has 0 unspecified atom stereocenters. The predicted molar refractivity (Wildman–Crippen MR) is 164 cm³/mol. The van der Waals surface area contributed by atoms with Crippen molar-refractivity contribution in [2.75, 3.05) is 0 Å². The Bertz CT molecular complexity index is 1000. The van der Waals surface area contributed by atoms with E-state index in [0.717, 1.165) is 48.7 Å². The largest absolute Gasteiger partial charge is 0.479 e. The number of carbonyl (C=O) groups is 1. The molecule has 0 aromatic heterocycles. The van der Waals surface area contributed by atoms with E-state index in [1.165, 1.54) is 77.0 Å². The smallest absolute Gasteiger partial charge is 0.347 e. The normalized spacial score (nSPS) is 35.6. The minimum absolute atomic E-state index is 0.0150. The van der Waals surface area contributed by atoms with Gasteiger partial charge in [0.05, 0.1) is 0 Å². The van der Waals surface area contributed by atoms with E-state index in [1.54, 1.807) is 5.57 Å². The molecule has 0 bridgehead atoms. The molecule has 0 radical (unpaired) electrons. The summed E-state index contributed by atoms with van der Waals surface area (Å²) in [5.74, 6) is 4.04. The highest BCUT2D eigenvalue weighted by Gasteiger charge is 2.58. The van der Waals surface area contributed by atoms with Crippen molar-refractivity contribution in [3.8, 4) is 5.75 Å². The van der Waals surface area contributed by atoms with Crippen molar-refractivity contribution in [1.29, 1.82) is 0 Å². The average molecular weight is 549 g/mol. The van der Waals surface area contributed by atoms with Crippen molar-refractivity contribution in [2.24, 2.45) is 34.5 Å². The first-order valence-electron chi connectivity index (χ1n) is 17.0. The molecule has 40 heavy (non-hydrogen) atoms. The van der Waals surface area contributed by atoms with Crippen molar-refractivity contribution >= 4 is 5.97 Å². The standard InChI is InChI=1S/C37H56O3/c1-5-7-8-9-10-12-15-27-19-21-32-31-20-18-28-26-30(22-24-37(28,4)33(31)23-25-36(27,32)3)40-35(38)34(6-2)39-29-16-13-11-14-17-29/h11,13-14,16-18,27,30-34H,5-10,12,15,19-26H2,1-4H3/t27-,30-,31+,32+,33-,34+,36+,37-/m0/s1. The number of unbranched alkanes of at least 4 members (excludes halogenated alkanes) is 5. The van der Waals surface area contributed by atoms with Crippen LogP contribution in [-0.2, 0) is 9.53 Å². The lowest BCUT2D eigenvalue weighted by molar-refractivity contribution is -0.160. The van der Waals surface area contributed by atoms with Crippen LogP contribution in [0, 0.1) is 34.5 Å². The van der Waals surface area contributed by atoms with E-state index in [1.807, 2.05) is 37.3 Å². The molecule has 3 saturated carbocycles. The lowest BCUT2D eigenvalue weighted by Gasteiger charge is -2.58. The van der Waals surface area contributed by atoms with Gasteiger partial charge >= 0.3 is 5.97 Å². The van der Waals surface area contributed by atoms with Gasteiger partial charge in [-0.1, -0.05) is 96.1 Å². The molecule has 0 aliphatic heterocycles. The maximum atomic E-state index is 13.1. The number of para-hydroxylation sites is 1. The number of benzene rings is 1. The molecule has 1 aromatic carbocycles. The van der Waals surface area contributed by atoms with E-state index in [0.29, 0.717) is 11.8 Å². The number of allylic oxidation sites excluding steroid dienone is 1. The fraction of sp³-hybridized carbons (Fsp3) is 0.757. The van der Waals surface area contributed by atoms with Gasteiger partial charge in [0.1, 0.15) is 11.9 Å². The lowest BCUT2D eigenvalue weighted by Crippen LogP contribution is -2.50. The van der Waals surface area contributed by atoms with Gasteiger partial charge in [0, 0.05) is 6.42 Å². The molecule has 4 aliphatic rings. The van der Waals surface area contributed by atoms with Gasteiger partial charge in [0.2, 0.25) is 0 Å². The number of esters is 1. The van der Waals surface area contributed by atoms with Gasteiger partial charge in [-0.3, -0.25) is 0 Å². The molecule has 3 heteroatoms. The molecule has 8 atom stereocenters. The number of fused-ring (bicyclic) bond motifs is 5. The fourth-order valence-corrected chi connectivity index (χ4v) is 9.68. The van der Waals surface area contributed by atoms with E-state index in [4.69, 9.17) is 9.47 Å². The first kappa shape index (κ1) is 29.7. The monoisotopic (exact) mass is 548 g/mol. The highest BCUT2D eigenvalue weighted by molar-refractivity contribution is 5.75. The molecule has 222 valence electrons. The third kappa shape index (κ3) is 6.05. The molecular weight excluding hydrogens is 492 g/mol. The van der Waals surface area contributed by atoms with Crippen molar-refractivity contribution < 1.29 is 14.3 Å². The second kappa shape index (κ2) is 13.0. The Morgan fingerprint density at radius 2 is 1.70 bits per heavy atom. The first-order chi connectivity index (χ1) is 19.4. The van der Waals surface area contributed by atoms with Crippen LogP contribution < -0.4 is 4.74 Å². The zero-order valence-electron chi connectivity index (χ0n) is 26.0. The van der Waals surface area contributed by atoms with Gasteiger partial charge in [-0.25, -0.2) is 4.79 Å². The molecule has 5 rings (SSSR count). The summed E-state index contributed by atoms with van der Waals surface area (Å²) in [5, 5.41) is 0. The Hall–Kier alpha value is -1.77. The molecule has 0 spiro atoms. The quantitative estimate of drug-likeness (QED) is 0.148. The Labute approximate surface area is 244 Å². The van der Waals surface area contributed by atoms with Gasteiger partial charge in [-0.15, -0.1) is 0 Å². The summed E-state index contributed by atoms with van der Waals surface area (Å²) < 4.78 is 12.1. The zero-order valence-corrected chi connectivity index (χ0v) is 26.0. The van der Waals surface area contributed by atoms with Crippen LogP contribution in [0.25, 0.3) is 0 Å². The van der Waals surface area contributed by atoms with E-state index in [-0.39, 0.29) is 17.5 Å². The van der Waals surface area contributed by atoms with E-state index >= 15 is 0 Å². The third-order valence-corrected chi connectivity index (χ3v) is 12.1. The summed E-state index contributed by atoms with van der Waals surface area (Å²) in [7, 11) is 0. The summed E-state index contributed by atoms with van der Waals surface area (Å²) in [6.07, 6.45) is 22.7. The fourth-order valence-electron chi connectivity index (χ4n) is 9.68. The Morgan fingerprint density at radius 1 is 0.925 bits per heavy atom. The second-order valence-electron chi connectivity index (χ2n) is 14.3. The van der Waals surface area contributed by atoms with E-state index in [9.17, 15) is 4.79 Å². The highest BCUT2D eigenvalue weighted by Crippen LogP contribution is 2.66. The SMILES string of the molecule is CCCCCCCC[C@H]1CC[C@@H]2[C@H]3CC=C4C[C@@H](OC(=O)[C@@H](CC)Oc5ccccc5)CC[C@]4(C)[C@H]3CC[C@]12C. The van der Waals surface area contributed by atoms with Crippen LogP contribution in [0.3, 0.4) is 0 Å². The minimum Gasteiger partial charge on any atom is -0.479 e. The van der Waals surface area contributed by atoms with Crippen molar-refractivity contribution in [2.45, 2.75) is 143 Å². The van der Waals surface area contributed by atoms with Gasteiger partial charge in [0.25, 0.3) is 0 Å². The Balaban J connectivity index is 1.17. The van der Waals surface area contributed by atoms with Crippen molar-refractivity contribution in [1.82, 2.24) is 0 Å². The summed E-state index contributed by atoms with van der Waals surface area (Å²) in [4.78, 5) is 13.1. The van der Waals surface area contributed by atoms with Crippen molar-refractivity contribution in [3.63, 3.8) is 0 Å². The Kier molecular flexibility index (Phi) is 9.68. The topological polar surface area (TPSA) is 35.5 Å². The molecular formula is C37H56O3. The van der Waals surface area contributed by atoms with Crippen LogP contribution in [0.4, 0.5) is 0 Å². The van der Waals surface area contributed by atoms with Crippen LogP contribution in [0.15, 0.2) is 42.0 Å². The van der Waals surface area contributed by atoms with Crippen LogP contribution in [0.2, 0.25) is 0 Å². The number of rotatable bonds is 12. The molecule has 0 amide bonds. The number of ether oxygens (including phenoxy) is 2. The molecule has 0 N–H and O–H groups in total. The predicted octanol–water partition coefficient (Wildman–Crippen LogP) is 10.1. The summed E-state index contributed by atoms with van der Waals surface area (Å²) in [5.41, 5.74) is 2.43. The Morgan fingerprint density at radius 3 is 2.48 bits per heavy atom. The van der Waals surface area contributed by atoms with E-state index in [2.05, 4.69) is 26.8 Å². The molecule has 4 aliphatic carbocycles. The van der Waals surface area contributed by atoms with Crippen LogP contribution in [0.1, 0.15) is 130 Å². The van der Waals surface area contributed by atoms with Crippen LogP contribution in [-0.4, -0.2) is 18.2 Å². The highest BCUT2D eigenvalue weighted by atomic mass is 16.6. The third-order valence-electron chi connectivity index (χ3n) is 12.1. The molecule has 1 aromatic rings. The summed E-state index contributed by atoms with van der Waals surface area (Å²) in [6.45, 7) is 9.55. The number of hydrogen-bond donors (Lipinski definition) is 0. The lowest BCUT2D eigenvalue weighted by atomic mass is 9.47. The van der Waals surface area contributed by atoms with Crippen LogP contribution in [0.5, 0.6) is 5.75 Å². The summed E-state index contributed by atoms with van der Waals surface area (Å²) >= 11 is 0.